The van der Waals surface area contributed by atoms with Crippen LogP contribution in [-0.4, -0.2) is 26.9 Å². The fourth-order valence-electron chi connectivity index (χ4n) is 1.77. The van der Waals surface area contributed by atoms with E-state index in [0.29, 0.717) is 21.3 Å². The number of fused-ring (bicyclic) bond motifs is 1. The molecule has 0 amide bonds. The lowest BCUT2D eigenvalue weighted by atomic mass is 10.1. The molecule has 0 bridgehead atoms. The minimum Gasteiger partial charge on any atom is -0.497 e. The first-order valence-corrected chi connectivity index (χ1v) is 6.64. The van der Waals surface area contributed by atoms with Crippen LogP contribution in [0.3, 0.4) is 0 Å². The van der Waals surface area contributed by atoms with Gasteiger partial charge in [-0.1, -0.05) is 11.3 Å². The molecule has 102 valence electrons. The van der Waals surface area contributed by atoms with Gasteiger partial charge in [-0.2, -0.15) is 9.61 Å². The number of ether oxygens (including phenoxy) is 1. The summed E-state index contributed by atoms with van der Waals surface area (Å²) in [7, 11) is 1.58. The molecular weight excluding hydrogens is 278 g/mol. The molecule has 0 fully saturated rings. The van der Waals surface area contributed by atoms with E-state index >= 15 is 0 Å². The van der Waals surface area contributed by atoms with Crippen LogP contribution in [0.15, 0.2) is 29.1 Å². The molecule has 3 aromatic rings. The second-order valence-electron chi connectivity index (χ2n) is 3.98. The lowest BCUT2D eigenvalue weighted by molar-refractivity contribution is 0.415. The maximum absolute atomic E-state index is 12.3. The Labute approximate surface area is 117 Å². The minimum atomic E-state index is -0.309. The van der Waals surface area contributed by atoms with Gasteiger partial charge in [-0.25, -0.2) is 0 Å². The number of benzene rings is 1. The number of aromatic nitrogens is 4. The van der Waals surface area contributed by atoms with Crippen LogP contribution in [0.4, 0.5) is 0 Å². The van der Waals surface area contributed by atoms with Gasteiger partial charge in [0.15, 0.2) is 5.69 Å². The van der Waals surface area contributed by atoms with Crippen molar-refractivity contribution < 1.29 is 4.74 Å². The van der Waals surface area contributed by atoms with E-state index in [1.165, 1.54) is 15.9 Å². The van der Waals surface area contributed by atoms with E-state index in [4.69, 9.17) is 10.5 Å². The summed E-state index contributed by atoms with van der Waals surface area (Å²) in [5, 5.41) is 12.8. The van der Waals surface area contributed by atoms with E-state index in [1.807, 2.05) is 0 Å². The average molecular weight is 289 g/mol. The van der Waals surface area contributed by atoms with Crippen molar-refractivity contribution in [1.82, 2.24) is 19.8 Å². The van der Waals surface area contributed by atoms with E-state index < -0.39 is 0 Å². The third kappa shape index (κ3) is 2.04. The van der Waals surface area contributed by atoms with Crippen LogP contribution >= 0.6 is 11.3 Å². The van der Waals surface area contributed by atoms with Crippen LogP contribution in [0.1, 0.15) is 5.01 Å². The zero-order chi connectivity index (χ0) is 14.1. The zero-order valence-corrected chi connectivity index (χ0v) is 11.4. The smallest absolute Gasteiger partial charge is 0.302 e. The highest BCUT2D eigenvalue weighted by Crippen LogP contribution is 2.18. The van der Waals surface area contributed by atoms with Crippen molar-refractivity contribution >= 4 is 16.3 Å². The molecule has 0 aliphatic rings. The summed E-state index contributed by atoms with van der Waals surface area (Å²) in [5.74, 6) is 0.710. The number of rotatable bonds is 3. The molecule has 0 aliphatic carbocycles. The highest BCUT2D eigenvalue weighted by molar-refractivity contribution is 7.16. The van der Waals surface area contributed by atoms with Crippen molar-refractivity contribution in [2.24, 2.45) is 5.73 Å². The standard InChI is InChI=1S/C12H11N5O2S/c1-19-8-4-2-7(3-5-8)10-11(18)17-12(15-14-10)20-9(6-13)16-17/h2-5H,6,13H2,1H3. The topological polar surface area (TPSA) is 95.4 Å². The zero-order valence-electron chi connectivity index (χ0n) is 10.6. The number of nitrogens with two attached hydrogens (primary N) is 1. The molecule has 2 N–H and O–H groups in total. The van der Waals surface area contributed by atoms with E-state index in [1.54, 1.807) is 31.4 Å². The Balaban J connectivity index is 2.15. The molecule has 0 saturated heterocycles. The minimum absolute atomic E-state index is 0.249. The van der Waals surface area contributed by atoms with E-state index in [0.717, 1.165) is 0 Å². The maximum atomic E-state index is 12.3. The molecule has 8 heteroatoms. The van der Waals surface area contributed by atoms with Crippen LogP contribution in [0.2, 0.25) is 0 Å². The number of hydrogen-bond donors (Lipinski definition) is 1. The second kappa shape index (κ2) is 4.99. The molecule has 2 aromatic heterocycles. The highest BCUT2D eigenvalue weighted by Gasteiger charge is 2.12. The normalized spacial score (nSPS) is 10.9. The van der Waals surface area contributed by atoms with Crippen molar-refractivity contribution in [1.29, 1.82) is 0 Å². The molecule has 0 saturated carbocycles. The van der Waals surface area contributed by atoms with Gasteiger partial charge in [0.2, 0.25) is 4.96 Å². The quantitative estimate of drug-likeness (QED) is 0.761. The average Bonchev–Trinajstić information content (AvgIpc) is 2.92. The summed E-state index contributed by atoms with van der Waals surface area (Å²) in [4.78, 5) is 12.8. The fourth-order valence-corrected chi connectivity index (χ4v) is 2.48. The van der Waals surface area contributed by atoms with Gasteiger partial charge in [-0.3, -0.25) is 4.79 Å². The number of hydrogen-bond acceptors (Lipinski definition) is 7. The Bertz CT molecular complexity index is 809. The van der Waals surface area contributed by atoms with Gasteiger partial charge in [0.1, 0.15) is 10.8 Å². The molecule has 0 unspecified atom stereocenters. The molecule has 0 radical (unpaired) electrons. The number of methoxy groups -OCH3 is 1. The van der Waals surface area contributed by atoms with Crippen molar-refractivity contribution in [3.63, 3.8) is 0 Å². The molecule has 7 nitrogen and oxygen atoms in total. The lowest BCUT2D eigenvalue weighted by Crippen LogP contribution is -2.19. The van der Waals surface area contributed by atoms with E-state index in [9.17, 15) is 4.79 Å². The Morgan fingerprint density at radius 1 is 1.30 bits per heavy atom. The molecule has 1 aromatic carbocycles. The Hall–Kier alpha value is -2.32. The largest absolute Gasteiger partial charge is 0.497 e. The van der Waals surface area contributed by atoms with Gasteiger partial charge < -0.3 is 10.5 Å². The third-order valence-corrected chi connectivity index (χ3v) is 3.69. The third-order valence-electron chi connectivity index (χ3n) is 2.77. The van der Waals surface area contributed by atoms with Crippen LogP contribution in [0.5, 0.6) is 5.75 Å². The molecule has 2 heterocycles. The lowest BCUT2D eigenvalue weighted by Gasteiger charge is -2.01. The van der Waals surface area contributed by atoms with Crippen molar-refractivity contribution in [2.45, 2.75) is 6.54 Å². The van der Waals surface area contributed by atoms with Crippen molar-refractivity contribution in [3.05, 3.63) is 39.6 Å². The fraction of sp³-hybridized carbons (Fsp3) is 0.167. The summed E-state index contributed by atoms with van der Waals surface area (Å²) in [6.45, 7) is 0.269. The van der Waals surface area contributed by atoms with E-state index in [-0.39, 0.29) is 17.8 Å². The SMILES string of the molecule is COc1ccc(-c2nnc3sc(CN)nn3c2=O)cc1. The van der Waals surface area contributed by atoms with Gasteiger partial charge in [-0.05, 0) is 24.3 Å². The maximum Gasteiger partial charge on any atom is 0.302 e. The van der Waals surface area contributed by atoms with Crippen LogP contribution in [0.25, 0.3) is 16.2 Å². The Kier molecular flexibility index (Phi) is 3.17. The predicted octanol–water partition coefficient (Wildman–Crippen LogP) is 0.680. The van der Waals surface area contributed by atoms with Crippen LogP contribution < -0.4 is 16.0 Å². The molecule has 20 heavy (non-hydrogen) atoms. The summed E-state index contributed by atoms with van der Waals surface area (Å²) in [6.07, 6.45) is 0. The van der Waals surface area contributed by atoms with Gasteiger partial charge in [0.25, 0.3) is 0 Å². The van der Waals surface area contributed by atoms with Crippen molar-refractivity contribution in [2.75, 3.05) is 7.11 Å². The van der Waals surface area contributed by atoms with Gasteiger partial charge in [0.05, 0.1) is 7.11 Å². The molecule has 0 atom stereocenters. The van der Waals surface area contributed by atoms with Gasteiger partial charge >= 0.3 is 5.56 Å². The molecule has 0 spiro atoms. The summed E-state index contributed by atoms with van der Waals surface area (Å²) >= 11 is 1.25. The summed E-state index contributed by atoms with van der Waals surface area (Å²) < 4.78 is 6.32. The molecule has 0 aliphatic heterocycles. The highest BCUT2D eigenvalue weighted by atomic mass is 32.1. The second-order valence-corrected chi connectivity index (χ2v) is 5.02. The molecular formula is C12H11N5O2S. The Morgan fingerprint density at radius 2 is 2.05 bits per heavy atom. The van der Waals surface area contributed by atoms with Gasteiger partial charge in [-0.15, -0.1) is 10.2 Å². The monoisotopic (exact) mass is 289 g/mol. The first-order chi connectivity index (χ1) is 9.72. The Morgan fingerprint density at radius 3 is 2.70 bits per heavy atom. The van der Waals surface area contributed by atoms with Gasteiger partial charge in [0, 0.05) is 12.1 Å². The first kappa shape index (κ1) is 12.7. The first-order valence-electron chi connectivity index (χ1n) is 5.83. The van der Waals surface area contributed by atoms with Crippen LogP contribution in [-0.2, 0) is 6.54 Å². The van der Waals surface area contributed by atoms with Crippen molar-refractivity contribution in [3.8, 4) is 17.0 Å². The van der Waals surface area contributed by atoms with Crippen LogP contribution in [0, 0.1) is 0 Å². The summed E-state index contributed by atoms with van der Waals surface area (Å²) in [6, 6.07) is 7.04. The number of nitrogens with zero attached hydrogens (tertiary/aromatic N) is 4. The molecule has 3 rings (SSSR count). The predicted molar refractivity (Wildman–Crippen MR) is 74.8 cm³/mol. The van der Waals surface area contributed by atoms with E-state index in [2.05, 4.69) is 15.3 Å². The summed E-state index contributed by atoms with van der Waals surface area (Å²) in [5.41, 5.74) is 6.12.